The number of hydrogen-bond acceptors (Lipinski definition) is 2. The molecule has 20 heavy (non-hydrogen) atoms. The maximum atomic E-state index is 12.6. The van der Waals surface area contributed by atoms with E-state index in [1.807, 2.05) is 6.07 Å². The third-order valence-electron chi connectivity index (χ3n) is 4.77. The molecule has 2 fully saturated rings. The smallest absolute Gasteiger partial charge is 0.225 e. The lowest BCUT2D eigenvalue weighted by Gasteiger charge is -2.21. The molecule has 1 amide bonds. The highest BCUT2D eigenvalue weighted by molar-refractivity contribution is 5.80. The summed E-state index contributed by atoms with van der Waals surface area (Å²) in [4.78, 5) is 14.9. The van der Waals surface area contributed by atoms with Crippen molar-refractivity contribution in [1.82, 2.24) is 10.2 Å². The molecule has 3 heteroatoms. The van der Waals surface area contributed by atoms with Crippen LogP contribution in [0, 0.1) is 5.92 Å². The van der Waals surface area contributed by atoms with Gasteiger partial charge in [-0.05, 0) is 25.5 Å². The number of likely N-dealkylation sites (tertiary alicyclic amines) is 1. The average Bonchev–Trinajstić information content (AvgIpc) is 3.09. The highest BCUT2D eigenvalue weighted by Crippen LogP contribution is 2.32. The number of carbonyl (C=O) groups excluding carboxylic acids is 1. The van der Waals surface area contributed by atoms with E-state index < -0.39 is 0 Å². The molecular formula is C17H24N2O. The molecule has 1 aliphatic heterocycles. The van der Waals surface area contributed by atoms with Crippen LogP contribution in [0.3, 0.4) is 0 Å². The molecule has 1 aliphatic carbocycles. The van der Waals surface area contributed by atoms with E-state index in [1.165, 1.54) is 18.4 Å². The molecule has 0 radical (unpaired) electrons. The van der Waals surface area contributed by atoms with Crippen molar-refractivity contribution in [1.29, 1.82) is 0 Å². The number of benzene rings is 1. The highest BCUT2D eigenvalue weighted by atomic mass is 16.2. The predicted octanol–water partition coefficient (Wildman–Crippen LogP) is 2.39. The summed E-state index contributed by atoms with van der Waals surface area (Å²) in [6, 6.07) is 10.9. The third kappa shape index (κ3) is 2.88. The number of hydrogen-bond donors (Lipinski definition) is 1. The molecule has 1 aromatic carbocycles. The normalized spacial score (nSPS) is 27.9. The van der Waals surface area contributed by atoms with Gasteiger partial charge in [-0.15, -0.1) is 0 Å². The van der Waals surface area contributed by atoms with Gasteiger partial charge in [0.25, 0.3) is 0 Å². The molecule has 1 heterocycles. The van der Waals surface area contributed by atoms with Crippen LogP contribution in [0.5, 0.6) is 0 Å². The first-order valence-corrected chi connectivity index (χ1v) is 7.78. The summed E-state index contributed by atoms with van der Waals surface area (Å²) in [5, 5.41) is 3.28. The van der Waals surface area contributed by atoms with Gasteiger partial charge in [-0.2, -0.15) is 0 Å². The Hall–Kier alpha value is -1.35. The minimum absolute atomic E-state index is 0.100. The van der Waals surface area contributed by atoms with E-state index in [2.05, 4.69) is 41.5 Å². The molecule has 0 aromatic heterocycles. The van der Waals surface area contributed by atoms with Gasteiger partial charge in [0.15, 0.2) is 0 Å². The van der Waals surface area contributed by atoms with Crippen LogP contribution in [0.15, 0.2) is 30.3 Å². The van der Waals surface area contributed by atoms with Crippen molar-refractivity contribution in [2.24, 2.45) is 5.92 Å². The summed E-state index contributed by atoms with van der Waals surface area (Å²) >= 11 is 0. The van der Waals surface area contributed by atoms with Crippen LogP contribution in [-0.4, -0.2) is 37.0 Å². The van der Waals surface area contributed by atoms with E-state index in [9.17, 15) is 4.79 Å². The fraction of sp³-hybridized carbons (Fsp3) is 0.588. The number of nitrogens with zero attached hydrogens (tertiary/aromatic N) is 1. The lowest BCUT2D eigenvalue weighted by atomic mass is 9.88. The molecule has 3 rings (SSSR count). The van der Waals surface area contributed by atoms with Crippen molar-refractivity contribution in [2.75, 3.05) is 20.1 Å². The van der Waals surface area contributed by atoms with Gasteiger partial charge < -0.3 is 10.2 Å². The molecule has 2 aliphatic rings. The Kier molecular flexibility index (Phi) is 4.06. The number of nitrogens with one attached hydrogen (secondary N) is 1. The minimum Gasteiger partial charge on any atom is -0.353 e. The fourth-order valence-corrected chi connectivity index (χ4v) is 3.68. The quantitative estimate of drug-likeness (QED) is 0.916. The van der Waals surface area contributed by atoms with Gasteiger partial charge >= 0.3 is 0 Å². The molecule has 0 unspecified atom stereocenters. The van der Waals surface area contributed by atoms with Gasteiger partial charge in [0.2, 0.25) is 5.91 Å². The summed E-state index contributed by atoms with van der Waals surface area (Å²) in [5.41, 5.74) is 1.29. The highest BCUT2D eigenvalue weighted by Gasteiger charge is 2.37. The number of carbonyl (C=O) groups is 1. The molecule has 0 spiro atoms. The largest absolute Gasteiger partial charge is 0.353 e. The molecule has 0 bridgehead atoms. The zero-order valence-corrected chi connectivity index (χ0v) is 12.2. The van der Waals surface area contributed by atoms with Gasteiger partial charge in [0, 0.05) is 25.0 Å². The Morgan fingerprint density at radius 1 is 1.15 bits per heavy atom. The van der Waals surface area contributed by atoms with Crippen LogP contribution >= 0.6 is 0 Å². The van der Waals surface area contributed by atoms with E-state index in [0.717, 1.165) is 25.9 Å². The zero-order valence-electron chi connectivity index (χ0n) is 12.2. The Bertz CT molecular complexity index is 453. The molecule has 108 valence electrons. The molecule has 1 saturated carbocycles. The van der Waals surface area contributed by atoms with Gasteiger partial charge in [-0.1, -0.05) is 43.2 Å². The molecular weight excluding hydrogens is 248 g/mol. The van der Waals surface area contributed by atoms with E-state index >= 15 is 0 Å². The van der Waals surface area contributed by atoms with Crippen LogP contribution in [0.1, 0.15) is 37.2 Å². The Morgan fingerprint density at radius 3 is 2.55 bits per heavy atom. The summed E-state index contributed by atoms with van der Waals surface area (Å²) in [5.74, 6) is 0.695. The molecule has 1 saturated heterocycles. The molecule has 1 N–H and O–H groups in total. The van der Waals surface area contributed by atoms with Crippen LogP contribution < -0.4 is 5.32 Å². The number of amides is 1. The van der Waals surface area contributed by atoms with E-state index in [4.69, 9.17) is 0 Å². The molecule has 3 nitrogen and oxygen atoms in total. The van der Waals surface area contributed by atoms with Crippen LogP contribution in [0.2, 0.25) is 0 Å². The fourth-order valence-electron chi connectivity index (χ4n) is 3.68. The van der Waals surface area contributed by atoms with Crippen LogP contribution in [0.25, 0.3) is 0 Å². The summed E-state index contributed by atoms with van der Waals surface area (Å²) in [7, 11) is 2.11. The van der Waals surface area contributed by atoms with Gasteiger partial charge in [-0.3, -0.25) is 4.79 Å². The lowest BCUT2D eigenvalue weighted by molar-refractivity contribution is -0.125. The Labute approximate surface area is 121 Å². The number of rotatable bonds is 3. The molecule has 2 atom stereocenters. The Balaban J connectivity index is 1.71. The van der Waals surface area contributed by atoms with Gasteiger partial charge in [0.05, 0.1) is 5.92 Å². The number of likely N-dealkylation sites (N-methyl/N-ethyl adjacent to an activating group) is 1. The second-order valence-electron chi connectivity index (χ2n) is 6.33. The van der Waals surface area contributed by atoms with Crippen LogP contribution in [-0.2, 0) is 4.79 Å². The second-order valence-corrected chi connectivity index (χ2v) is 6.33. The van der Waals surface area contributed by atoms with E-state index in [1.54, 1.807) is 0 Å². The molecule has 1 aromatic rings. The topological polar surface area (TPSA) is 32.3 Å². The first-order chi connectivity index (χ1) is 9.74. The van der Waals surface area contributed by atoms with Crippen molar-refractivity contribution in [3.8, 4) is 0 Å². The van der Waals surface area contributed by atoms with Crippen LogP contribution in [0.4, 0.5) is 0 Å². The van der Waals surface area contributed by atoms with E-state index in [0.29, 0.717) is 12.0 Å². The minimum atomic E-state index is 0.100. The standard InChI is InChI=1S/C17H24N2O/c1-19-11-15(13-7-3-2-4-8-13)16(12-19)17(20)18-14-9-5-6-10-14/h2-4,7-8,14-16H,5-6,9-12H2,1H3,(H,18,20)/t15-,16+/m1/s1. The van der Waals surface area contributed by atoms with Crippen molar-refractivity contribution in [2.45, 2.75) is 37.6 Å². The average molecular weight is 272 g/mol. The van der Waals surface area contributed by atoms with Gasteiger partial charge in [0.1, 0.15) is 0 Å². The van der Waals surface area contributed by atoms with Crippen molar-refractivity contribution in [3.05, 3.63) is 35.9 Å². The first-order valence-electron chi connectivity index (χ1n) is 7.78. The summed E-state index contributed by atoms with van der Waals surface area (Å²) in [6.07, 6.45) is 4.84. The summed E-state index contributed by atoms with van der Waals surface area (Å²) in [6.45, 7) is 1.85. The predicted molar refractivity (Wildman–Crippen MR) is 80.6 cm³/mol. The van der Waals surface area contributed by atoms with Crippen molar-refractivity contribution in [3.63, 3.8) is 0 Å². The third-order valence-corrected chi connectivity index (χ3v) is 4.77. The zero-order chi connectivity index (χ0) is 13.9. The first kappa shape index (κ1) is 13.6. The van der Waals surface area contributed by atoms with Crippen molar-refractivity contribution >= 4 is 5.91 Å². The monoisotopic (exact) mass is 272 g/mol. The maximum Gasteiger partial charge on any atom is 0.225 e. The van der Waals surface area contributed by atoms with Gasteiger partial charge in [-0.25, -0.2) is 0 Å². The Morgan fingerprint density at radius 2 is 1.85 bits per heavy atom. The SMILES string of the molecule is CN1C[C@H](C(=O)NC2CCCC2)[C@@H](c2ccccc2)C1. The second kappa shape index (κ2) is 5.96. The maximum absolute atomic E-state index is 12.6. The van der Waals surface area contributed by atoms with E-state index in [-0.39, 0.29) is 11.8 Å². The van der Waals surface area contributed by atoms with Crippen molar-refractivity contribution < 1.29 is 4.79 Å². The summed E-state index contributed by atoms with van der Waals surface area (Å²) < 4.78 is 0. The lowest BCUT2D eigenvalue weighted by Crippen LogP contribution is -2.39.